The zero-order valence-electron chi connectivity index (χ0n) is 11.1. The minimum Gasteiger partial charge on any atom is -0.398 e. The molecule has 1 saturated carbocycles. The maximum absolute atomic E-state index is 6.02. The molecular formula is C15H23ClN2. The number of nitrogens with one attached hydrogen (secondary N) is 1. The van der Waals surface area contributed by atoms with E-state index in [9.17, 15) is 0 Å². The van der Waals surface area contributed by atoms with E-state index in [0.29, 0.717) is 16.1 Å². The maximum Gasteiger partial charge on any atom is 0.0638 e. The highest BCUT2D eigenvalue weighted by atomic mass is 35.5. The van der Waals surface area contributed by atoms with Crippen LogP contribution in [-0.2, 0) is 6.54 Å². The summed E-state index contributed by atoms with van der Waals surface area (Å²) in [5.74, 6) is 0. The Morgan fingerprint density at radius 2 is 2.06 bits per heavy atom. The average Bonchev–Trinajstić information content (AvgIpc) is 2.83. The average molecular weight is 267 g/mol. The van der Waals surface area contributed by atoms with E-state index in [1.165, 1.54) is 37.7 Å². The summed E-state index contributed by atoms with van der Waals surface area (Å²) in [6, 6.07) is 5.88. The van der Waals surface area contributed by atoms with Crippen LogP contribution in [0.5, 0.6) is 0 Å². The topological polar surface area (TPSA) is 38.0 Å². The summed E-state index contributed by atoms with van der Waals surface area (Å²) >= 11 is 6.02. The second-order valence-corrected chi connectivity index (χ2v) is 5.93. The van der Waals surface area contributed by atoms with E-state index in [1.807, 2.05) is 18.2 Å². The fourth-order valence-electron chi connectivity index (χ4n) is 2.93. The van der Waals surface area contributed by atoms with Crippen LogP contribution in [0.2, 0.25) is 5.02 Å². The third-order valence-corrected chi connectivity index (χ3v) is 4.64. The highest BCUT2D eigenvalue weighted by molar-refractivity contribution is 6.33. The quantitative estimate of drug-likeness (QED) is 0.791. The van der Waals surface area contributed by atoms with E-state index < -0.39 is 0 Å². The molecule has 0 atom stereocenters. The maximum atomic E-state index is 6.02. The highest BCUT2D eigenvalue weighted by Crippen LogP contribution is 2.40. The van der Waals surface area contributed by atoms with Crippen LogP contribution in [0.1, 0.15) is 44.6 Å². The Bertz CT molecular complexity index is 397. The Balaban J connectivity index is 1.86. The molecule has 0 aromatic heterocycles. The standard InChI is InChI=1S/C15H23ClN2/c1-2-15(7-3-4-8-15)11-18-10-12-5-6-14(17)13(16)9-12/h5-6,9,18H,2-4,7-8,10-11,17H2,1H3. The van der Waals surface area contributed by atoms with Crippen molar-refractivity contribution in [3.05, 3.63) is 28.8 Å². The molecule has 1 aliphatic rings. The van der Waals surface area contributed by atoms with Crippen molar-refractivity contribution in [3.63, 3.8) is 0 Å². The van der Waals surface area contributed by atoms with E-state index in [0.717, 1.165) is 13.1 Å². The fraction of sp³-hybridized carbons (Fsp3) is 0.600. The van der Waals surface area contributed by atoms with Gasteiger partial charge in [0.1, 0.15) is 0 Å². The molecule has 1 aromatic carbocycles. The first kappa shape index (κ1) is 13.7. The van der Waals surface area contributed by atoms with Crippen LogP contribution in [0, 0.1) is 5.41 Å². The minimum atomic E-state index is 0.539. The Kier molecular flexibility index (Phi) is 4.52. The van der Waals surface area contributed by atoms with Gasteiger partial charge in [-0.15, -0.1) is 0 Å². The summed E-state index contributed by atoms with van der Waals surface area (Å²) in [4.78, 5) is 0. The van der Waals surface area contributed by atoms with Crippen LogP contribution >= 0.6 is 11.6 Å². The molecule has 0 aliphatic heterocycles. The van der Waals surface area contributed by atoms with Gasteiger partial charge in [0.2, 0.25) is 0 Å². The van der Waals surface area contributed by atoms with E-state index in [-0.39, 0.29) is 0 Å². The summed E-state index contributed by atoms with van der Waals surface area (Å²) in [5.41, 5.74) is 8.11. The van der Waals surface area contributed by atoms with Gasteiger partial charge < -0.3 is 11.1 Å². The molecule has 1 fully saturated rings. The molecule has 1 aromatic rings. The van der Waals surface area contributed by atoms with Gasteiger partial charge in [0, 0.05) is 13.1 Å². The molecule has 0 unspecified atom stereocenters. The van der Waals surface area contributed by atoms with Gasteiger partial charge in [-0.3, -0.25) is 0 Å². The lowest BCUT2D eigenvalue weighted by molar-refractivity contribution is 0.268. The molecule has 1 aliphatic carbocycles. The fourth-order valence-corrected chi connectivity index (χ4v) is 3.14. The van der Waals surface area contributed by atoms with Gasteiger partial charge in [-0.25, -0.2) is 0 Å². The molecule has 18 heavy (non-hydrogen) atoms. The molecule has 2 rings (SSSR count). The van der Waals surface area contributed by atoms with Gasteiger partial charge in [0.15, 0.2) is 0 Å². The van der Waals surface area contributed by atoms with Crippen molar-refractivity contribution in [3.8, 4) is 0 Å². The number of benzene rings is 1. The molecular weight excluding hydrogens is 244 g/mol. The van der Waals surface area contributed by atoms with Crippen LogP contribution in [0.4, 0.5) is 5.69 Å². The van der Waals surface area contributed by atoms with Gasteiger partial charge in [0.05, 0.1) is 10.7 Å². The highest BCUT2D eigenvalue weighted by Gasteiger charge is 2.31. The van der Waals surface area contributed by atoms with Crippen LogP contribution < -0.4 is 11.1 Å². The van der Waals surface area contributed by atoms with Crippen molar-refractivity contribution in [2.45, 2.75) is 45.6 Å². The Morgan fingerprint density at radius 3 is 2.67 bits per heavy atom. The lowest BCUT2D eigenvalue weighted by Gasteiger charge is -2.27. The Morgan fingerprint density at radius 1 is 1.33 bits per heavy atom. The SMILES string of the molecule is CCC1(CNCc2ccc(N)c(Cl)c2)CCCC1. The molecule has 0 heterocycles. The number of hydrogen-bond acceptors (Lipinski definition) is 2. The van der Waals surface area contributed by atoms with Crippen molar-refractivity contribution in [2.75, 3.05) is 12.3 Å². The number of rotatable bonds is 5. The molecule has 0 spiro atoms. The first-order chi connectivity index (χ1) is 8.65. The largest absolute Gasteiger partial charge is 0.398 e. The molecule has 2 nitrogen and oxygen atoms in total. The number of anilines is 1. The second kappa shape index (κ2) is 5.94. The van der Waals surface area contributed by atoms with Crippen molar-refractivity contribution in [1.29, 1.82) is 0 Å². The Labute approximate surface area is 115 Å². The molecule has 3 N–H and O–H groups in total. The number of hydrogen-bond donors (Lipinski definition) is 2. The van der Waals surface area contributed by atoms with Gasteiger partial charge in [-0.2, -0.15) is 0 Å². The van der Waals surface area contributed by atoms with Crippen molar-refractivity contribution in [1.82, 2.24) is 5.32 Å². The first-order valence-corrected chi connectivity index (χ1v) is 7.28. The van der Waals surface area contributed by atoms with E-state index in [2.05, 4.69) is 12.2 Å². The van der Waals surface area contributed by atoms with Gasteiger partial charge >= 0.3 is 0 Å². The zero-order valence-corrected chi connectivity index (χ0v) is 11.9. The number of nitrogens with two attached hydrogens (primary N) is 1. The normalized spacial score (nSPS) is 18.1. The van der Waals surface area contributed by atoms with Crippen molar-refractivity contribution < 1.29 is 0 Å². The van der Waals surface area contributed by atoms with E-state index in [1.54, 1.807) is 0 Å². The van der Waals surface area contributed by atoms with Crippen LogP contribution in [0.25, 0.3) is 0 Å². The van der Waals surface area contributed by atoms with E-state index in [4.69, 9.17) is 17.3 Å². The summed E-state index contributed by atoms with van der Waals surface area (Å²) in [6.45, 7) is 4.31. The molecule has 3 heteroatoms. The predicted molar refractivity (Wildman–Crippen MR) is 78.8 cm³/mol. The first-order valence-electron chi connectivity index (χ1n) is 6.90. The van der Waals surface area contributed by atoms with Crippen LogP contribution in [-0.4, -0.2) is 6.54 Å². The summed E-state index contributed by atoms with van der Waals surface area (Å²) in [6.07, 6.45) is 6.81. The molecule has 0 amide bonds. The third-order valence-electron chi connectivity index (χ3n) is 4.31. The monoisotopic (exact) mass is 266 g/mol. The minimum absolute atomic E-state index is 0.539. The molecule has 0 radical (unpaired) electrons. The zero-order chi connectivity index (χ0) is 13.0. The van der Waals surface area contributed by atoms with E-state index >= 15 is 0 Å². The van der Waals surface area contributed by atoms with Crippen LogP contribution in [0.3, 0.4) is 0 Å². The predicted octanol–water partition coefficient (Wildman–Crippen LogP) is 3.98. The molecule has 0 saturated heterocycles. The van der Waals surface area contributed by atoms with Gasteiger partial charge in [-0.05, 0) is 42.4 Å². The lowest BCUT2D eigenvalue weighted by atomic mass is 9.83. The summed E-state index contributed by atoms with van der Waals surface area (Å²) in [5, 5.41) is 4.24. The van der Waals surface area contributed by atoms with Crippen LogP contribution in [0.15, 0.2) is 18.2 Å². The van der Waals surface area contributed by atoms with Crippen molar-refractivity contribution >= 4 is 17.3 Å². The molecule has 100 valence electrons. The Hall–Kier alpha value is -0.730. The second-order valence-electron chi connectivity index (χ2n) is 5.52. The smallest absolute Gasteiger partial charge is 0.0638 e. The van der Waals surface area contributed by atoms with Crippen molar-refractivity contribution in [2.24, 2.45) is 5.41 Å². The van der Waals surface area contributed by atoms with Gasteiger partial charge in [-0.1, -0.05) is 37.4 Å². The number of halogens is 1. The summed E-state index contributed by atoms with van der Waals surface area (Å²) < 4.78 is 0. The molecule has 0 bridgehead atoms. The summed E-state index contributed by atoms with van der Waals surface area (Å²) in [7, 11) is 0. The lowest BCUT2D eigenvalue weighted by Crippen LogP contribution is -2.31. The third kappa shape index (κ3) is 3.18. The number of nitrogen functional groups attached to an aromatic ring is 1. The van der Waals surface area contributed by atoms with Gasteiger partial charge in [0.25, 0.3) is 0 Å².